The van der Waals surface area contributed by atoms with Crippen molar-refractivity contribution in [2.45, 2.75) is 6.92 Å². The minimum atomic E-state index is -0.259. The van der Waals surface area contributed by atoms with E-state index in [0.29, 0.717) is 31.2 Å². The van der Waals surface area contributed by atoms with Crippen molar-refractivity contribution in [3.63, 3.8) is 0 Å². The average Bonchev–Trinajstić information content (AvgIpc) is 2.50. The van der Waals surface area contributed by atoms with Gasteiger partial charge in [-0.05, 0) is 19.1 Å². The van der Waals surface area contributed by atoms with Gasteiger partial charge in [0, 0.05) is 27.2 Å². The highest BCUT2D eigenvalue weighted by Gasteiger charge is 2.07. The summed E-state index contributed by atoms with van der Waals surface area (Å²) in [7, 11) is 3.30. The molecule has 1 aromatic carbocycles. The molecule has 0 fully saturated rings. The molecule has 0 spiro atoms. The van der Waals surface area contributed by atoms with Crippen LogP contribution in [-0.4, -0.2) is 57.2 Å². The summed E-state index contributed by atoms with van der Waals surface area (Å²) < 4.78 is 10.8. The Balaban J connectivity index is 2.27. The van der Waals surface area contributed by atoms with Crippen LogP contribution >= 0.6 is 0 Å². The molecule has 0 unspecified atom stereocenters. The fourth-order valence-electron chi connectivity index (χ4n) is 1.57. The van der Waals surface area contributed by atoms with Crippen LogP contribution in [0.1, 0.15) is 6.92 Å². The molecule has 3 amide bonds. The van der Waals surface area contributed by atoms with Crippen molar-refractivity contribution in [1.29, 1.82) is 0 Å². The topological polar surface area (TPSA) is 79.9 Å². The molecular formula is C15H23N3O4. The number of hydrogen-bond acceptors (Lipinski definition) is 4. The minimum absolute atomic E-state index is 0.105. The van der Waals surface area contributed by atoms with Gasteiger partial charge >= 0.3 is 6.03 Å². The molecule has 0 heterocycles. The number of nitrogens with one attached hydrogen (secondary N) is 2. The SMILES string of the molecule is CCOc1ccccc1OCC(=O)NCCNC(=O)N(C)C. The molecule has 22 heavy (non-hydrogen) atoms. The summed E-state index contributed by atoms with van der Waals surface area (Å²) in [6, 6.07) is 6.98. The third kappa shape index (κ3) is 6.34. The third-order valence-corrected chi connectivity index (χ3v) is 2.64. The Morgan fingerprint density at radius 1 is 1.05 bits per heavy atom. The zero-order valence-electron chi connectivity index (χ0n) is 13.2. The van der Waals surface area contributed by atoms with Gasteiger partial charge in [0.25, 0.3) is 5.91 Å². The van der Waals surface area contributed by atoms with E-state index in [1.807, 2.05) is 19.1 Å². The van der Waals surface area contributed by atoms with Crippen LogP contribution in [0.4, 0.5) is 4.79 Å². The molecular weight excluding hydrogens is 286 g/mol. The summed E-state index contributed by atoms with van der Waals surface area (Å²) in [5, 5.41) is 5.31. The summed E-state index contributed by atoms with van der Waals surface area (Å²) >= 11 is 0. The summed E-state index contributed by atoms with van der Waals surface area (Å²) in [6.45, 7) is 3.00. The van der Waals surface area contributed by atoms with Gasteiger partial charge in [-0.15, -0.1) is 0 Å². The van der Waals surface area contributed by atoms with Crippen molar-refractivity contribution in [3.05, 3.63) is 24.3 Å². The molecule has 0 bridgehead atoms. The Bertz CT molecular complexity index is 491. The molecule has 122 valence electrons. The number of urea groups is 1. The van der Waals surface area contributed by atoms with Gasteiger partial charge in [-0.1, -0.05) is 12.1 Å². The number of rotatable bonds is 8. The zero-order valence-corrected chi connectivity index (χ0v) is 13.2. The van der Waals surface area contributed by atoms with Gasteiger partial charge in [0.05, 0.1) is 6.61 Å². The molecule has 0 aliphatic rings. The van der Waals surface area contributed by atoms with E-state index < -0.39 is 0 Å². The Hall–Kier alpha value is -2.44. The fraction of sp³-hybridized carbons (Fsp3) is 0.467. The molecule has 0 saturated carbocycles. The van der Waals surface area contributed by atoms with E-state index in [9.17, 15) is 9.59 Å². The number of amides is 3. The van der Waals surface area contributed by atoms with Crippen LogP contribution in [0.3, 0.4) is 0 Å². The maximum Gasteiger partial charge on any atom is 0.316 e. The molecule has 7 nitrogen and oxygen atoms in total. The molecule has 1 aromatic rings. The first-order valence-electron chi connectivity index (χ1n) is 7.11. The van der Waals surface area contributed by atoms with Crippen LogP contribution in [0, 0.1) is 0 Å². The van der Waals surface area contributed by atoms with Gasteiger partial charge in [-0.2, -0.15) is 0 Å². The Kier molecular flexibility index (Phi) is 7.60. The molecule has 1 rings (SSSR count). The van der Waals surface area contributed by atoms with Gasteiger partial charge in [-0.25, -0.2) is 4.79 Å². The summed E-state index contributed by atoms with van der Waals surface area (Å²) in [5.74, 6) is 0.877. The van der Waals surface area contributed by atoms with Crippen molar-refractivity contribution in [1.82, 2.24) is 15.5 Å². The lowest BCUT2D eigenvalue weighted by molar-refractivity contribution is -0.123. The highest BCUT2D eigenvalue weighted by molar-refractivity contribution is 5.77. The number of carbonyl (C=O) groups excluding carboxylic acids is 2. The zero-order chi connectivity index (χ0) is 16.4. The van der Waals surface area contributed by atoms with E-state index in [0.717, 1.165) is 0 Å². The molecule has 0 aliphatic heterocycles. The quantitative estimate of drug-likeness (QED) is 0.698. The molecule has 2 N–H and O–H groups in total. The van der Waals surface area contributed by atoms with E-state index in [-0.39, 0.29) is 18.5 Å². The molecule has 0 aliphatic carbocycles. The number of carbonyl (C=O) groups is 2. The van der Waals surface area contributed by atoms with Crippen LogP contribution in [0.2, 0.25) is 0 Å². The predicted octanol–water partition coefficient (Wildman–Crippen LogP) is 0.851. The minimum Gasteiger partial charge on any atom is -0.490 e. The van der Waals surface area contributed by atoms with Crippen LogP contribution in [-0.2, 0) is 4.79 Å². The number of benzene rings is 1. The second-order valence-electron chi connectivity index (χ2n) is 4.64. The lowest BCUT2D eigenvalue weighted by Gasteiger charge is -2.13. The van der Waals surface area contributed by atoms with Gasteiger partial charge in [0.2, 0.25) is 0 Å². The standard InChI is InChI=1S/C15H23N3O4/c1-4-21-12-7-5-6-8-13(12)22-11-14(19)16-9-10-17-15(20)18(2)3/h5-8H,4,9-11H2,1-3H3,(H,16,19)(H,17,20). The largest absolute Gasteiger partial charge is 0.490 e. The number of ether oxygens (including phenoxy) is 2. The van der Waals surface area contributed by atoms with Crippen molar-refractivity contribution < 1.29 is 19.1 Å². The lowest BCUT2D eigenvalue weighted by atomic mass is 10.3. The molecule has 0 aromatic heterocycles. The van der Waals surface area contributed by atoms with E-state index in [4.69, 9.17) is 9.47 Å². The van der Waals surface area contributed by atoms with E-state index in [1.165, 1.54) is 4.90 Å². The Morgan fingerprint density at radius 3 is 2.23 bits per heavy atom. The van der Waals surface area contributed by atoms with Crippen molar-refractivity contribution >= 4 is 11.9 Å². The first-order valence-corrected chi connectivity index (χ1v) is 7.11. The summed E-state index contributed by atoms with van der Waals surface area (Å²) in [5.41, 5.74) is 0. The molecule has 7 heteroatoms. The Labute approximate surface area is 130 Å². The molecule has 0 saturated heterocycles. The second kappa shape index (κ2) is 9.49. The van der Waals surface area contributed by atoms with Crippen molar-refractivity contribution in [3.8, 4) is 11.5 Å². The van der Waals surface area contributed by atoms with Crippen molar-refractivity contribution in [2.75, 3.05) is 40.4 Å². The summed E-state index contributed by atoms with van der Waals surface area (Å²) in [6.07, 6.45) is 0. The number of para-hydroxylation sites is 2. The van der Waals surface area contributed by atoms with E-state index >= 15 is 0 Å². The van der Waals surface area contributed by atoms with E-state index in [1.54, 1.807) is 26.2 Å². The highest BCUT2D eigenvalue weighted by atomic mass is 16.5. The van der Waals surface area contributed by atoms with Gasteiger partial charge < -0.3 is 25.0 Å². The van der Waals surface area contributed by atoms with Crippen LogP contribution in [0.5, 0.6) is 11.5 Å². The fourth-order valence-corrected chi connectivity index (χ4v) is 1.57. The van der Waals surface area contributed by atoms with Crippen LogP contribution in [0.25, 0.3) is 0 Å². The lowest BCUT2D eigenvalue weighted by Crippen LogP contribution is -2.40. The highest BCUT2D eigenvalue weighted by Crippen LogP contribution is 2.26. The number of nitrogens with zero attached hydrogens (tertiary/aromatic N) is 1. The van der Waals surface area contributed by atoms with Crippen LogP contribution < -0.4 is 20.1 Å². The van der Waals surface area contributed by atoms with Gasteiger partial charge in [0.15, 0.2) is 18.1 Å². The van der Waals surface area contributed by atoms with Gasteiger partial charge in [-0.3, -0.25) is 4.79 Å². The normalized spacial score (nSPS) is 9.77. The Morgan fingerprint density at radius 2 is 1.64 bits per heavy atom. The number of hydrogen-bond donors (Lipinski definition) is 2. The summed E-state index contributed by atoms with van der Waals surface area (Å²) in [4.78, 5) is 24.4. The van der Waals surface area contributed by atoms with Crippen LogP contribution in [0.15, 0.2) is 24.3 Å². The van der Waals surface area contributed by atoms with Crippen molar-refractivity contribution in [2.24, 2.45) is 0 Å². The van der Waals surface area contributed by atoms with Gasteiger partial charge in [0.1, 0.15) is 0 Å². The van der Waals surface area contributed by atoms with E-state index in [2.05, 4.69) is 10.6 Å². The molecule has 0 atom stereocenters. The second-order valence-corrected chi connectivity index (χ2v) is 4.64. The first-order chi connectivity index (χ1) is 10.5. The molecule has 0 radical (unpaired) electrons. The predicted molar refractivity (Wildman–Crippen MR) is 83.2 cm³/mol. The maximum absolute atomic E-state index is 11.7. The average molecular weight is 309 g/mol. The maximum atomic E-state index is 11.7. The third-order valence-electron chi connectivity index (χ3n) is 2.64. The smallest absolute Gasteiger partial charge is 0.316 e. The monoisotopic (exact) mass is 309 g/mol. The first kappa shape index (κ1) is 17.6.